The monoisotopic (exact) mass is 369 g/mol. The molecular weight excluding hydrogens is 350 g/mol. The predicted octanol–water partition coefficient (Wildman–Crippen LogP) is 3.93. The van der Waals surface area contributed by atoms with Gasteiger partial charge in [0.1, 0.15) is 5.01 Å². The molecule has 0 fully saturated rings. The van der Waals surface area contributed by atoms with Crippen molar-refractivity contribution in [2.45, 2.75) is 20.0 Å². The summed E-state index contributed by atoms with van der Waals surface area (Å²) < 4.78 is 10.9. The van der Waals surface area contributed by atoms with Crippen LogP contribution in [0.1, 0.15) is 12.5 Å². The Morgan fingerprint density at radius 1 is 1.08 bits per heavy atom. The molecule has 0 spiro atoms. The lowest BCUT2D eigenvalue weighted by Crippen LogP contribution is -2.30. The molecule has 0 saturated carbocycles. The largest absolute Gasteiger partial charge is 0.493 e. The molecule has 6 nitrogen and oxygen atoms in total. The van der Waals surface area contributed by atoms with Gasteiger partial charge < -0.3 is 9.47 Å². The predicted molar refractivity (Wildman–Crippen MR) is 102 cm³/mol. The SMILES string of the molecule is COc1ccccc1O[C@@H](C)C(=O)Nc1nnc(-c2ccc(C)cc2)s1. The van der Waals surface area contributed by atoms with E-state index in [0.717, 1.165) is 10.6 Å². The molecule has 3 rings (SSSR count). The van der Waals surface area contributed by atoms with Gasteiger partial charge in [-0.05, 0) is 26.0 Å². The van der Waals surface area contributed by atoms with Crippen molar-refractivity contribution in [2.75, 3.05) is 12.4 Å². The van der Waals surface area contributed by atoms with Crippen molar-refractivity contribution in [1.29, 1.82) is 0 Å². The molecular formula is C19H19N3O3S. The van der Waals surface area contributed by atoms with E-state index in [1.165, 1.54) is 16.9 Å². The van der Waals surface area contributed by atoms with Crippen LogP contribution < -0.4 is 14.8 Å². The zero-order valence-electron chi connectivity index (χ0n) is 14.7. The Bertz CT molecular complexity index is 893. The number of carbonyl (C=O) groups excluding carboxylic acids is 1. The summed E-state index contributed by atoms with van der Waals surface area (Å²) in [6.45, 7) is 3.70. The van der Waals surface area contributed by atoms with E-state index in [9.17, 15) is 4.79 Å². The minimum absolute atomic E-state index is 0.303. The number of rotatable bonds is 6. The van der Waals surface area contributed by atoms with Gasteiger partial charge in [-0.15, -0.1) is 10.2 Å². The number of carbonyl (C=O) groups is 1. The van der Waals surface area contributed by atoms with Crippen molar-refractivity contribution < 1.29 is 14.3 Å². The van der Waals surface area contributed by atoms with Crippen LogP contribution >= 0.6 is 11.3 Å². The number of aromatic nitrogens is 2. The smallest absolute Gasteiger partial charge is 0.266 e. The molecule has 2 aromatic carbocycles. The molecule has 3 aromatic rings. The van der Waals surface area contributed by atoms with Crippen LogP contribution in [0, 0.1) is 6.92 Å². The topological polar surface area (TPSA) is 73.3 Å². The molecule has 1 heterocycles. The Kier molecular flexibility index (Phi) is 5.48. The Morgan fingerprint density at radius 3 is 2.46 bits per heavy atom. The maximum absolute atomic E-state index is 12.4. The fraction of sp³-hybridized carbons (Fsp3) is 0.211. The minimum atomic E-state index is -0.710. The van der Waals surface area contributed by atoms with E-state index >= 15 is 0 Å². The van der Waals surface area contributed by atoms with Crippen molar-refractivity contribution in [3.8, 4) is 22.1 Å². The van der Waals surface area contributed by atoms with Crippen LogP contribution in [0.5, 0.6) is 11.5 Å². The van der Waals surface area contributed by atoms with Crippen molar-refractivity contribution in [1.82, 2.24) is 10.2 Å². The van der Waals surface area contributed by atoms with E-state index < -0.39 is 6.10 Å². The van der Waals surface area contributed by atoms with Crippen LogP contribution in [0.3, 0.4) is 0 Å². The van der Waals surface area contributed by atoms with Crippen LogP contribution in [0.25, 0.3) is 10.6 Å². The van der Waals surface area contributed by atoms with Gasteiger partial charge in [0.05, 0.1) is 7.11 Å². The lowest BCUT2D eigenvalue weighted by Gasteiger charge is -2.15. The first kappa shape index (κ1) is 17.9. The van der Waals surface area contributed by atoms with Gasteiger partial charge in [0.15, 0.2) is 17.6 Å². The standard InChI is InChI=1S/C19H19N3O3S/c1-12-8-10-14(11-9-12)18-21-22-19(26-18)20-17(23)13(2)25-16-7-5-4-6-15(16)24-3/h4-11,13H,1-3H3,(H,20,22,23)/t13-/m0/s1. The zero-order valence-corrected chi connectivity index (χ0v) is 15.5. The van der Waals surface area contributed by atoms with E-state index in [-0.39, 0.29) is 5.91 Å². The summed E-state index contributed by atoms with van der Waals surface area (Å²) in [6.07, 6.45) is -0.710. The van der Waals surface area contributed by atoms with E-state index in [4.69, 9.17) is 9.47 Å². The number of para-hydroxylation sites is 2. The molecule has 7 heteroatoms. The Labute approximate surface area is 155 Å². The van der Waals surface area contributed by atoms with E-state index in [2.05, 4.69) is 15.5 Å². The van der Waals surface area contributed by atoms with Crippen LogP contribution in [0.4, 0.5) is 5.13 Å². The molecule has 1 amide bonds. The summed E-state index contributed by atoms with van der Waals surface area (Å²) in [7, 11) is 1.56. The first-order valence-corrected chi connectivity index (χ1v) is 8.89. The average Bonchev–Trinajstić information content (AvgIpc) is 3.11. The molecule has 0 aliphatic heterocycles. The number of hydrogen-bond donors (Lipinski definition) is 1. The second-order valence-corrected chi connectivity index (χ2v) is 6.66. The highest BCUT2D eigenvalue weighted by Gasteiger charge is 2.18. The maximum Gasteiger partial charge on any atom is 0.266 e. The zero-order chi connectivity index (χ0) is 18.5. The van der Waals surface area contributed by atoms with Gasteiger partial charge in [-0.1, -0.05) is 53.3 Å². The lowest BCUT2D eigenvalue weighted by molar-refractivity contribution is -0.122. The number of nitrogens with one attached hydrogen (secondary N) is 1. The fourth-order valence-corrected chi connectivity index (χ4v) is 3.01. The number of benzene rings is 2. The number of hydrogen-bond acceptors (Lipinski definition) is 6. The summed E-state index contributed by atoms with van der Waals surface area (Å²) in [5.74, 6) is 0.780. The van der Waals surface area contributed by atoms with Crippen LogP contribution in [0.15, 0.2) is 48.5 Å². The number of methoxy groups -OCH3 is 1. The first-order valence-electron chi connectivity index (χ1n) is 8.08. The first-order chi connectivity index (χ1) is 12.6. The van der Waals surface area contributed by atoms with Gasteiger partial charge in [0, 0.05) is 5.56 Å². The number of anilines is 1. The molecule has 1 aromatic heterocycles. The third-order valence-electron chi connectivity index (χ3n) is 3.70. The van der Waals surface area contributed by atoms with Crippen molar-refractivity contribution in [3.63, 3.8) is 0 Å². The Hall–Kier alpha value is -2.93. The Morgan fingerprint density at radius 2 is 1.77 bits per heavy atom. The fourth-order valence-electron chi connectivity index (χ4n) is 2.25. The Balaban J connectivity index is 1.65. The van der Waals surface area contributed by atoms with E-state index in [0.29, 0.717) is 16.6 Å². The normalized spacial score (nSPS) is 11.7. The molecule has 0 bridgehead atoms. The molecule has 0 aliphatic carbocycles. The van der Waals surface area contributed by atoms with Crippen LogP contribution in [-0.4, -0.2) is 29.3 Å². The van der Waals surface area contributed by atoms with Crippen LogP contribution in [0.2, 0.25) is 0 Å². The van der Waals surface area contributed by atoms with Crippen molar-refractivity contribution >= 4 is 22.4 Å². The minimum Gasteiger partial charge on any atom is -0.493 e. The molecule has 1 N–H and O–H groups in total. The molecule has 0 unspecified atom stereocenters. The molecule has 1 atom stereocenters. The van der Waals surface area contributed by atoms with Gasteiger partial charge in [-0.25, -0.2) is 0 Å². The summed E-state index contributed by atoms with van der Waals surface area (Å²) in [5, 5.41) is 12.1. The summed E-state index contributed by atoms with van der Waals surface area (Å²) in [6, 6.07) is 15.2. The lowest BCUT2D eigenvalue weighted by atomic mass is 10.2. The summed E-state index contributed by atoms with van der Waals surface area (Å²) in [5.41, 5.74) is 2.14. The summed E-state index contributed by atoms with van der Waals surface area (Å²) >= 11 is 1.32. The van der Waals surface area contributed by atoms with Gasteiger partial charge >= 0.3 is 0 Å². The van der Waals surface area contributed by atoms with E-state index in [1.54, 1.807) is 26.2 Å². The van der Waals surface area contributed by atoms with Crippen LogP contribution in [-0.2, 0) is 4.79 Å². The quantitative estimate of drug-likeness (QED) is 0.713. The van der Waals surface area contributed by atoms with Gasteiger partial charge in [0.2, 0.25) is 5.13 Å². The maximum atomic E-state index is 12.4. The van der Waals surface area contributed by atoms with Crippen molar-refractivity contribution in [2.24, 2.45) is 0 Å². The molecule has 0 saturated heterocycles. The molecule has 0 radical (unpaired) electrons. The highest BCUT2D eigenvalue weighted by molar-refractivity contribution is 7.18. The van der Waals surface area contributed by atoms with Gasteiger partial charge in [-0.3, -0.25) is 10.1 Å². The van der Waals surface area contributed by atoms with Gasteiger partial charge in [0.25, 0.3) is 5.91 Å². The molecule has 0 aliphatic rings. The molecule has 134 valence electrons. The number of ether oxygens (including phenoxy) is 2. The second-order valence-electron chi connectivity index (χ2n) is 5.68. The van der Waals surface area contributed by atoms with Crippen molar-refractivity contribution in [3.05, 3.63) is 54.1 Å². The molecule has 26 heavy (non-hydrogen) atoms. The number of amides is 1. The number of nitrogens with zero attached hydrogens (tertiary/aromatic N) is 2. The highest BCUT2D eigenvalue weighted by atomic mass is 32.1. The second kappa shape index (κ2) is 7.97. The van der Waals surface area contributed by atoms with Gasteiger partial charge in [-0.2, -0.15) is 0 Å². The third kappa shape index (κ3) is 4.18. The highest BCUT2D eigenvalue weighted by Crippen LogP contribution is 2.28. The summed E-state index contributed by atoms with van der Waals surface area (Å²) in [4.78, 5) is 12.4. The number of aryl methyl sites for hydroxylation is 1. The van der Waals surface area contributed by atoms with E-state index in [1.807, 2.05) is 43.3 Å². The third-order valence-corrected chi connectivity index (χ3v) is 4.58. The average molecular weight is 369 g/mol.